The summed E-state index contributed by atoms with van der Waals surface area (Å²) in [5, 5.41) is 0. The minimum Gasteiger partial charge on any atom is -0.396 e. The van der Waals surface area contributed by atoms with Crippen LogP contribution in [0.2, 0.25) is 0 Å². The molecule has 8 heteroatoms. The van der Waals surface area contributed by atoms with Gasteiger partial charge in [0.05, 0.1) is 10.6 Å². The summed E-state index contributed by atoms with van der Waals surface area (Å²) >= 11 is 2.99. The van der Waals surface area contributed by atoms with Crippen LogP contribution in [0.3, 0.4) is 0 Å². The summed E-state index contributed by atoms with van der Waals surface area (Å²) < 4.78 is 52.7. The van der Waals surface area contributed by atoms with Crippen molar-refractivity contribution in [2.75, 3.05) is 5.73 Å². The van der Waals surface area contributed by atoms with Gasteiger partial charge in [0.2, 0.25) is 10.0 Å². The molecule has 0 unspecified atom stereocenters. The van der Waals surface area contributed by atoms with E-state index < -0.39 is 21.7 Å². The Morgan fingerprint density at radius 1 is 1.14 bits per heavy atom. The van der Waals surface area contributed by atoms with E-state index >= 15 is 0 Å². The van der Waals surface area contributed by atoms with Gasteiger partial charge in [0.25, 0.3) is 0 Å². The van der Waals surface area contributed by atoms with Gasteiger partial charge in [-0.2, -0.15) is 0 Å². The SMILES string of the molecule is Nc1cc(S(=O)(=O)NCc2ccc(F)cc2)c(Br)cc1F. The summed E-state index contributed by atoms with van der Waals surface area (Å²) in [5.41, 5.74) is 5.71. The van der Waals surface area contributed by atoms with Crippen molar-refractivity contribution in [3.63, 3.8) is 0 Å². The molecule has 2 aromatic carbocycles. The van der Waals surface area contributed by atoms with Gasteiger partial charge >= 0.3 is 0 Å². The molecule has 0 radical (unpaired) electrons. The van der Waals surface area contributed by atoms with Gasteiger partial charge in [0.15, 0.2) is 0 Å². The molecule has 0 saturated heterocycles. The summed E-state index contributed by atoms with van der Waals surface area (Å²) in [4.78, 5) is -0.163. The average Bonchev–Trinajstić information content (AvgIpc) is 2.42. The van der Waals surface area contributed by atoms with Crippen molar-refractivity contribution in [1.29, 1.82) is 0 Å². The van der Waals surface area contributed by atoms with Crippen molar-refractivity contribution in [2.45, 2.75) is 11.4 Å². The minimum atomic E-state index is -3.88. The van der Waals surface area contributed by atoms with Crippen LogP contribution in [0.15, 0.2) is 45.8 Å². The van der Waals surface area contributed by atoms with Gasteiger partial charge in [0.1, 0.15) is 11.6 Å². The summed E-state index contributed by atoms with van der Waals surface area (Å²) in [7, 11) is -3.88. The number of nitrogens with one attached hydrogen (secondary N) is 1. The number of hydrogen-bond acceptors (Lipinski definition) is 3. The summed E-state index contributed by atoms with van der Waals surface area (Å²) in [6.45, 7) is -0.0215. The van der Waals surface area contributed by atoms with Crippen LogP contribution in [-0.4, -0.2) is 8.42 Å². The molecule has 0 spiro atoms. The Balaban J connectivity index is 2.22. The zero-order chi connectivity index (χ0) is 15.6. The van der Waals surface area contributed by atoms with Crippen LogP contribution in [0, 0.1) is 11.6 Å². The van der Waals surface area contributed by atoms with Crippen molar-refractivity contribution >= 4 is 31.6 Å². The van der Waals surface area contributed by atoms with Gasteiger partial charge in [-0.15, -0.1) is 0 Å². The Hall–Kier alpha value is -1.51. The van der Waals surface area contributed by atoms with E-state index in [9.17, 15) is 17.2 Å². The predicted octanol–water partition coefficient (Wildman–Crippen LogP) is 2.79. The van der Waals surface area contributed by atoms with Gasteiger partial charge in [-0.25, -0.2) is 21.9 Å². The van der Waals surface area contributed by atoms with Gasteiger partial charge in [-0.3, -0.25) is 0 Å². The lowest BCUT2D eigenvalue weighted by Crippen LogP contribution is -2.24. The van der Waals surface area contributed by atoms with Gasteiger partial charge in [-0.05, 0) is 45.8 Å². The second-order valence-electron chi connectivity index (χ2n) is 4.26. The third kappa shape index (κ3) is 3.78. The third-order valence-electron chi connectivity index (χ3n) is 2.72. The second kappa shape index (κ2) is 6.08. The van der Waals surface area contributed by atoms with E-state index in [2.05, 4.69) is 20.7 Å². The van der Waals surface area contributed by atoms with Crippen LogP contribution in [0.25, 0.3) is 0 Å². The van der Waals surface area contributed by atoms with Crippen molar-refractivity contribution < 1.29 is 17.2 Å². The first kappa shape index (κ1) is 15.9. The molecule has 0 aliphatic rings. The van der Waals surface area contributed by atoms with E-state index in [1.54, 1.807) is 0 Å². The van der Waals surface area contributed by atoms with Crippen LogP contribution < -0.4 is 10.5 Å². The zero-order valence-corrected chi connectivity index (χ0v) is 13.0. The number of halogens is 3. The van der Waals surface area contributed by atoms with Crippen molar-refractivity contribution in [2.24, 2.45) is 0 Å². The molecule has 4 nitrogen and oxygen atoms in total. The smallest absolute Gasteiger partial charge is 0.242 e. The fourth-order valence-electron chi connectivity index (χ4n) is 1.61. The van der Waals surface area contributed by atoms with Crippen molar-refractivity contribution in [1.82, 2.24) is 4.72 Å². The fourth-order valence-corrected chi connectivity index (χ4v) is 3.67. The first-order chi connectivity index (χ1) is 9.79. The van der Waals surface area contributed by atoms with Crippen LogP contribution in [0.4, 0.5) is 14.5 Å². The first-order valence-electron chi connectivity index (χ1n) is 5.78. The molecular formula is C13H11BrF2N2O2S. The monoisotopic (exact) mass is 376 g/mol. The number of hydrogen-bond donors (Lipinski definition) is 2. The Morgan fingerprint density at radius 2 is 1.76 bits per heavy atom. The number of nitrogens with two attached hydrogens (primary N) is 1. The molecular weight excluding hydrogens is 366 g/mol. The number of rotatable bonds is 4. The zero-order valence-electron chi connectivity index (χ0n) is 10.6. The van der Waals surface area contributed by atoms with E-state index in [0.717, 1.165) is 12.1 Å². The Kier molecular flexibility index (Phi) is 4.60. The van der Waals surface area contributed by atoms with E-state index in [1.165, 1.54) is 24.3 Å². The maximum atomic E-state index is 13.2. The molecule has 2 rings (SSSR count). The molecule has 0 heterocycles. The Bertz CT molecular complexity index is 764. The number of sulfonamides is 1. The van der Waals surface area contributed by atoms with Crippen LogP contribution in [-0.2, 0) is 16.6 Å². The van der Waals surface area contributed by atoms with E-state index in [4.69, 9.17) is 5.73 Å². The van der Waals surface area contributed by atoms with Gasteiger partial charge in [-0.1, -0.05) is 12.1 Å². The molecule has 0 amide bonds. The highest BCUT2D eigenvalue weighted by Crippen LogP contribution is 2.26. The van der Waals surface area contributed by atoms with E-state index in [0.29, 0.717) is 5.56 Å². The van der Waals surface area contributed by atoms with Crippen LogP contribution >= 0.6 is 15.9 Å². The Morgan fingerprint density at radius 3 is 2.38 bits per heavy atom. The van der Waals surface area contributed by atoms with Gasteiger partial charge < -0.3 is 5.73 Å². The topological polar surface area (TPSA) is 72.2 Å². The molecule has 2 aromatic rings. The summed E-state index contributed by atoms with van der Waals surface area (Å²) in [5.74, 6) is -1.12. The molecule has 0 aliphatic carbocycles. The van der Waals surface area contributed by atoms with E-state index in [1.807, 2.05) is 0 Å². The molecule has 0 bridgehead atoms. The number of anilines is 1. The summed E-state index contributed by atoms with van der Waals surface area (Å²) in [6.07, 6.45) is 0. The maximum Gasteiger partial charge on any atom is 0.242 e. The fraction of sp³-hybridized carbons (Fsp3) is 0.0769. The lowest BCUT2D eigenvalue weighted by Gasteiger charge is -2.10. The molecule has 112 valence electrons. The molecule has 0 atom stereocenters. The van der Waals surface area contributed by atoms with Crippen LogP contribution in [0.1, 0.15) is 5.56 Å². The lowest BCUT2D eigenvalue weighted by molar-refractivity contribution is 0.579. The standard InChI is InChI=1S/C13H11BrF2N2O2S/c14-10-5-11(16)12(17)6-13(10)21(19,20)18-7-8-1-3-9(15)4-2-8/h1-6,18H,7,17H2. The first-order valence-corrected chi connectivity index (χ1v) is 8.06. The largest absolute Gasteiger partial charge is 0.396 e. The Labute approximate surface area is 129 Å². The molecule has 0 aromatic heterocycles. The molecule has 0 saturated carbocycles. The van der Waals surface area contributed by atoms with E-state index in [-0.39, 0.29) is 21.6 Å². The number of benzene rings is 2. The van der Waals surface area contributed by atoms with Crippen molar-refractivity contribution in [3.05, 3.63) is 58.1 Å². The molecule has 0 fully saturated rings. The predicted molar refractivity (Wildman–Crippen MR) is 78.9 cm³/mol. The normalized spacial score (nSPS) is 11.6. The highest BCUT2D eigenvalue weighted by atomic mass is 79.9. The number of nitrogen functional groups attached to an aromatic ring is 1. The minimum absolute atomic E-state index is 0.0215. The quantitative estimate of drug-likeness (QED) is 0.805. The third-order valence-corrected chi connectivity index (χ3v) is 5.08. The summed E-state index contributed by atoms with van der Waals surface area (Å²) in [6, 6.07) is 7.41. The van der Waals surface area contributed by atoms with Gasteiger partial charge in [0, 0.05) is 11.0 Å². The molecule has 3 N–H and O–H groups in total. The molecule has 21 heavy (non-hydrogen) atoms. The highest BCUT2D eigenvalue weighted by Gasteiger charge is 2.19. The van der Waals surface area contributed by atoms with Crippen LogP contribution in [0.5, 0.6) is 0 Å². The molecule has 0 aliphatic heterocycles. The van der Waals surface area contributed by atoms with Crippen molar-refractivity contribution in [3.8, 4) is 0 Å². The lowest BCUT2D eigenvalue weighted by atomic mass is 10.2. The average molecular weight is 377 g/mol. The highest BCUT2D eigenvalue weighted by molar-refractivity contribution is 9.10. The second-order valence-corrected chi connectivity index (χ2v) is 6.84. The maximum absolute atomic E-state index is 13.2.